The van der Waals surface area contributed by atoms with Crippen molar-refractivity contribution >= 4 is 11.9 Å². The highest BCUT2D eigenvalue weighted by Crippen LogP contribution is 2.32. The molecule has 0 N–H and O–H groups in total. The highest BCUT2D eigenvalue weighted by Gasteiger charge is 2.23. The van der Waals surface area contributed by atoms with Crippen LogP contribution < -0.4 is 0 Å². The lowest BCUT2D eigenvalue weighted by Gasteiger charge is -2.24. The highest BCUT2D eigenvalue weighted by molar-refractivity contribution is 6.00. The number of nitrogens with zero attached hydrogens (tertiary/aromatic N) is 2. The molecule has 0 aromatic heterocycles. The molecule has 3 rings (SSSR count). The molecule has 4 heteroatoms. The van der Waals surface area contributed by atoms with Crippen LogP contribution in [0, 0.1) is 0 Å². The van der Waals surface area contributed by atoms with Crippen molar-refractivity contribution in [1.82, 2.24) is 4.90 Å². The van der Waals surface area contributed by atoms with Gasteiger partial charge in [-0.15, -0.1) is 0 Å². The zero-order valence-electron chi connectivity index (χ0n) is 14.7. The molecule has 25 heavy (non-hydrogen) atoms. The standard InChI is InChI=1S/C21H22N2O2/c1-4-25-21(22-20(24)15(2)3)23-13-16-9-5-7-11-18(16)19-12-8-6-10-17(19)14-23/h5-12H,2,4,13-14H2,1,3H3/b22-21-. The molecule has 0 fully saturated rings. The summed E-state index contributed by atoms with van der Waals surface area (Å²) in [6.45, 7) is 8.93. The third-order valence-electron chi connectivity index (χ3n) is 4.15. The Morgan fingerprint density at radius 1 is 1.08 bits per heavy atom. The third-order valence-corrected chi connectivity index (χ3v) is 4.15. The van der Waals surface area contributed by atoms with Gasteiger partial charge in [0.15, 0.2) is 0 Å². The number of aliphatic imine (C=N–C) groups is 1. The smallest absolute Gasteiger partial charge is 0.296 e. The van der Waals surface area contributed by atoms with Crippen LogP contribution in [-0.4, -0.2) is 23.4 Å². The van der Waals surface area contributed by atoms with Crippen LogP contribution in [0.1, 0.15) is 25.0 Å². The number of amides is 1. The number of carbonyl (C=O) groups excluding carboxylic acids is 1. The van der Waals surface area contributed by atoms with E-state index in [1.807, 2.05) is 36.1 Å². The van der Waals surface area contributed by atoms with E-state index in [1.165, 1.54) is 22.3 Å². The van der Waals surface area contributed by atoms with Crippen LogP contribution in [0.4, 0.5) is 0 Å². The Bertz CT molecular complexity index is 792. The molecule has 128 valence electrons. The monoisotopic (exact) mass is 334 g/mol. The van der Waals surface area contributed by atoms with E-state index in [1.54, 1.807) is 6.92 Å². The maximum Gasteiger partial charge on any atom is 0.296 e. The van der Waals surface area contributed by atoms with Gasteiger partial charge in [-0.2, -0.15) is 4.99 Å². The van der Waals surface area contributed by atoms with E-state index in [0.717, 1.165) is 0 Å². The topological polar surface area (TPSA) is 41.9 Å². The predicted molar refractivity (Wildman–Crippen MR) is 100 cm³/mol. The van der Waals surface area contributed by atoms with Gasteiger partial charge in [0.2, 0.25) is 0 Å². The molecule has 1 aliphatic heterocycles. The van der Waals surface area contributed by atoms with Crippen LogP contribution in [0.2, 0.25) is 0 Å². The van der Waals surface area contributed by atoms with Crippen LogP contribution in [0.5, 0.6) is 0 Å². The second kappa shape index (κ2) is 7.34. The summed E-state index contributed by atoms with van der Waals surface area (Å²) in [6, 6.07) is 17.0. The molecule has 1 aliphatic rings. The minimum absolute atomic E-state index is 0.349. The van der Waals surface area contributed by atoms with Gasteiger partial charge in [-0.3, -0.25) is 4.79 Å². The number of rotatable bonds is 2. The van der Waals surface area contributed by atoms with Crippen molar-refractivity contribution in [3.63, 3.8) is 0 Å². The summed E-state index contributed by atoms with van der Waals surface area (Å²) < 4.78 is 5.70. The summed E-state index contributed by atoms with van der Waals surface area (Å²) in [4.78, 5) is 18.2. The zero-order chi connectivity index (χ0) is 17.8. The Labute approximate surface area is 148 Å². The molecule has 4 nitrogen and oxygen atoms in total. The molecular weight excluding hydrogens is 312 g/mol. The van der Waals surface area contributed by atoms with Gasteiger partial charge in [0.1, 0.15) is 0 Å². The normalized spacial score (nSPS) is 13.5. The van der Waals surface area contributed by atoms with Crippen LogP contribution in [0.15, 0.2) is 65.7 Å². The lowest BCUT2D eigenvalue weighted by atomic mass is 9.97. The Balaban J connectivity index is 2.06. The summed E-state index contributed by atoms with van der Waals surface area (Å²) >= 11 is 0. The second-order valence-corrected chi connectivity index (χ2v) is 6.08. The van der Waals surface area contributed by atoms with Crippen molar-refractivity contribution in [2.24, 2.45) is 4.99 Å². The zero-order valence-corrected chi connectivity index (χ0v) is 14.7. The number of amidine groups is 1. The largest absolute Gasteiger partial charge is 0.465 e. The summed E-state index contributed by atoms with van der Waals surface area (Å²) in [5.74, 6) is -0.353. The summed E-state index contributed by atoms with van der Waals surface area (Å²) in [5, 5.41) is 0. The van der Waals surface area contributed by atoms with Gasteiger partial charge in [0, 0.05) is 18.7 Å². The molecule has 0 saturated carbocycles. The average molecular weight is 334 g/mol. The third kappa shape index (κ3) is 3.63. The van der Waals surface area contributed by atoms with Crippen LogP contribution in [0.25, 0.3) is 11.1 Å². The SMILES string of the molecule is C=C(C)C(=O)/N=C(\OCC)N1Cc2ccccc2-c2ccccc2C1. The van der Waals surface area contributed by atoms with E-state index in [0.29, 0.717) is 31.3 Å². The molecule has 0 saturated heterocycles. The first kappa shape index (κ1) is 17.0. The van der Waals surface area contributed by atoms with Crippen molar-refractivity contribution in [2.75, 3.05) is 6.61 Å². The van der Waals surface area contributed by atoms with Gasteiger partial charge in [-0.05, 0) is 36.1 Å². The van der Waals surface area contributed by atoms with Gasteiger partial charge in [-0.25, -0.2) is 0 Å². The number of carbonyl (C=O) groups is 1. The number of benzene rings is 2. The van der Waals surface area contributed by atoms with E-state index in [2.05, 4.69) is 35.8 Å². The van der Waals surface area contributed by atoms with E-state index < -0.39 is 0 Å². The molecule has 0 bridgehead atoms. The molecule has 2 aromatic carbocycles. The summed E-state index contributed by atoms with van der Waals surface area (Å²) in [5.41, 5.74) is 5.18. The Kier molecular flexibility index (Phi) is 4.98. The number of hydrogen-bond donors (Lipinski definition) is 0. The fourth-order valence-corrected chi connectivity index (χ4v) is 2.95. The number of hydrogen-bond acceptors (Lipinski definition) is 2. The fourth-order valence-electron chi connectivity index (χ4n) is 2.95. The van der Waals surface area contributed by atoms with Crippen LogP contribution in [-0.2, 0) is 22.6 Å². The maximum atomic E-state index is 12.1. The van der Waals surface area contributed by atoms with Crippen molar-refractivity contribution < 1.29 is 9.53 Å². The van der Waals surface area contributed by atoms with E-state index >= 15 is 0 Å². The minimum Gasteiger partial charge on any atom is -0.465 e. The van der Waals surface area contributed by atoms with Crippen LogP contribution in [0.3, 0.4) is 0 Å². The lowest BCUT2D eigenvalue weighted by molar-refractivity contribution is -0.114. The Morgan fingerprint density at radius 2 is 1.60 bits per heavy atom. The molecule has 1 amide bonds. The molecular formula is C21H22N2O2. The average Bonchev–Trinajstić information content (AvgIpc) is 2.78. The molecule has 0 spiro atoms. The van der Waals surface area contributed by atoms with Crippen molar-refractivity contribution in [2.45, 2.75) is 26.9 Å². The van der Waals surface area contributed by atoms with Gasteiger partial charge < -0.3 is 9.64 Å². The summed E-state index contributed by atoms with van der Waals surface area (Å²) in [7, 11) is 0. The van der Waals surface area contributed by atoms with Crippen LogP contribution >= 0.6 is 0 Å². The van der Waals surface area contributed by atoms with E-state index in [9.17, 15) is 4.79 Å². The molecule has 0 unspecified atom stereocenters. The first-order valence-electron chi connectivity index (χ1n) is 8.42. The lowest BCUT2D eigenvalue weighted by Crippen LogP contribution is -2.32. The van der Waals surface area contributed by atoms with Gasteiger partial charge in [-0.1, -0.05) is 55.1 Å². The highest BCUT2D eigenvalue weighted by atomic mass is 16.5. The summed E-state index contributed by atoms with van der Waals surface area (Å²) in [6.07, 6.45) is 0. The minimum atomic E-state index is -0.353. The van der Waals surface area contributed by atoms with Gasteiger partial charge >= 0.3 is 0 Å². The number of ether oxygens (including phenoxy) is 1. The van der Waals surface area contributed by atoms with Gasteiger partial charge in [0.25, 0.3) is 11.9 Å². The van der Waals surface area contributed by atoms with Crippen molar-refractivity contribution in [3.8, 4) is 11.1 Å². The maximum absolute atomic E-state index is 12.1. The Morgan fingerprint density at radius 3 is 2.08 bits per heavy atom. The first-order chi connectivity index (χ1) is 12.1. The molecule has 0 atom stereocenters. The van der Waals surface area contributed by atoms with E-state index in [4.69, 9.17) is 4.74 Å². The van der Waals surface area contributed by atoms with Gasteiger partial charge in [0.05, 0.1) is 6.61 Å². The quantitative estimate of drug-likeness (QED) is 0.470. The molecule has 2 aromatic rings. The first-order valence-corrected chi connectivity index (χ1v) is 8.42. The number of fused-ring (bicyclic) bond motifs is 3. The fraction of sp³-hybridized carbons (Fsp3) is 0.238. The second-order valence-electron chi connectivity index (χ2n) is 6.08. The molecule has 1 heterocycles. The van der Waals surface area contributed by atoms with Crippen molar-refractivity contribution in [3.05, 3.63) is 71.8 Å². The molecule has 0 radical (unpaired) electrons. The van der Waals surface area contributed by atoms with Crippen molar-refractivity contribution in [1.29, 1.82) is 0 Å². The predicted octanol–water partition coefficient (Wildman–Crippen LogP) is 4.16. The van der Waals surface area contributed by atoms with E-state index in [-0.39, 0.29) is 5.91 Å². The molecule has 0 aliphatic carbocycles. The Hall–Kier alpha value is -2.88.